The van der Waals surface area contributed by atoms with Crippen molar-refractivity contribution in [2.45, 2.75) is 6.42 Å². The van der Waals surface area contributed by atoms with Crippen molar-refractivity contribution in [1.29, 1.82) is 0 Å². The molecule has 0 unspecified atom stereocenters. The summed E-state index contributed by atoms with van der Waals surface area (Å²) in [5.41, 5.74) is 6.55. The highest BCUT2D eigenvalue weighted by molar-refractivity contribution is 6.34. The van der Waals surface area contributed by atoms with Crippen LogP contribution in [0.25, 0.3) is 0 Å². The topological polar surface area (TPSA) is 35.2 Å². The van der Waals surface area contributed by atoms with E-state index >= 15 is 0 Å². The van der Waals surface area contributed by atoms with Gasteiger partial charge in [-0.2, -0.15) is 0 Å². The van der Waals surface area contributed by atoms with E-state index in [2.05, 4.69) is 0 Å². The second kappa shape index (κ2) is 6.49. The van der Waals surface area contributed by atoms with Gasteiger partial charge in [-0.1, -0.05) is 40.9 Å². The van der Waals surface area contributed by atoms with Crippen LogP contribution >= 0.6 is 34.8 Å². The molecule has 100 valence electrons. The highest BCUT2D eigenvalue weighted by Gasteiger charge is 2.09. The van der Waals surface area contributed by atoms with E-state index in [1.165, 1.54) is 0 Å². The molecule has 0 heterocycles. The molecule has 0 amide bonds. The highest BCUT2D eigenvalue weighted by atomic mass is 35.5. The zero-order valence-corrected chi connectivity index (χ0v) is 12.3. The molecule has 0 aromatic heterocycles. The fraction of sp³-hybridized carbons (Fsp3) is 0.143. The van der Waals surface area contributed by atoms with Crippen molar-refractivity contribution in [1.82, 2.24) is 0 Å². The Morgan fingerprint density at radius 2 is 1.53 bits per heavy atom. The first-order valence-electron chi connectivity index (χ1n) is 5.71. The zero-order chi connectivity index (χ0) is 13.8. The summed E-state index contributed by atoms with van der Waals surface area (Å²) in [6, 6.07) is 10.5. The number of hydrogen-bond acceptors (Lipinski definition) is 2. The van der Waals surface area contributed by atoms with Crippen LogP contribution in [0.3, 0.4) is 0 Å². The zero-order valence-electron chi connectivity index (χ0n) is 10.00. The summed E-state index contributed by atoms with van der Waals surface area (Å²) in [6.07, 6.45) is 0.699. The molecule has 0 saturated carbocycles. The summed E-state index contributed by atoms with van der Waals surface area (Å²) in [5.74, 6) is 1.14. The summed E-state index contributed by atoms with van der Waals surface area (Å²) in [5, 5.41) is 1.64. The summed E-state index contributed by atoms with van der Waals surface area (Å²) < 4.78 is 5.80. The van der Waals surface area contributed by atoms with Crippen LogP contribution in [0.2, 0.25) is 15.1 Å². The van der Waals surface area contributed by atoms with Crippen LogP contribution in [0.5, 0.6) is 11.5 Å². The Hall–Kier alpha value is -0.930. The molecule has 0 bridgehead atoms. The Balaban J connectivity index is 2.36. The third-order valence-corrected chi connectivity index (χ3v) is 3.34. The van der Waals surface area contributed by atoms with Gasteiger partial charge in [-0.15, -0.1) is 0 Å². The smallest absolute Gasteiger partial charge is 0.147 e. The van der Waals surface area contributed by atoms with Crippen molar-refractivity contribution in [2.75, 3.05) is 6.54 Å². The number of ether oxygens (including phenoxy) is 1. The van der Waals surface area contributed by atoms with Gasteiger partial charge in [0.15, 0.2) is 0 Å². The van der Waals surface area contributed by atoms with E-state index in [0.29, 0.717) is 39.5 Å². The van der Waals surface area contributed by atoms with Gasteiger partial charge in [0.2, 0.25) is 0 Å². The van der Waals surface area contributed by atoms with E-state index < -0.39 is 0 Å². The standard InChI is InChI=1S/C14H12Cl3NO/c15-10-2-1-9(5-6-18)13(7-10)19-14-8-11(16)3-4-12(14)17/h1-4,7-8H,5-6,18H2. The monoisotopic (exact) mass is 315 g/mol. The molecular formula is C14H12Cl3NO. The molecule has 0 radical (unpaired) electrons. The maximum atomic E-state index is 6.07. The Bertz CT molecular complexity index is 587. The quantitative estimate of drug-likeness (QED) is 0.867. The molecule has 0 spiro atoms. The number of rotatable bonds is 4. The molecule has 5 heteroatoms. The fourth-order valence-corrected chi connectivity index (χ4v) is 2.14. The second-order valence-corrected chi connectivity index (χ2v) is 5.25. The van der Waals surface area contributed by atoms with Crippen LogP contribution < -0.4 is 10.5 Å². The Labute approximate surface area is 127 Å². The van der Waals surface area contributed by atoms with Gasteiger partial charge in [0.25, 0.3) is 0 Å². The van der Waals surface area contributed by atoms with Crippen LogP contribution in [-0.4, -0.2) is 6.54 Å². The first kappa shape index (κ1) is 14.5. The molecule has 2 aromatic rings. The van der Waals surface area contributed by atoms with Crippen LogP contribution in [0.15, 0.2) is 36.4 Å². The van der Waals surface area contributed by atoms with E-state index in [0.717, 1.165) is 5.56 Å². The van der Waals surface area contributed by atoms with Crippen LogP contribution in [0.1, 0.15) is 5.56 Å². The first-order chi connectivity index (χ1) is 9.10. The van der Waals surface area contributed by atoms with Gasteiger partial charge in [0.05, 0.1) is 5.02 Å². The molecule has 2 aromatic carbocycles. The lowest BCUT2D eigenvalue weighted by atomic mass is 10.1. The molecule has 0 atom stereocenters. The molecule has 0 aliphatic carbocycles. The van der Waals surface area contributed by atoms with Crippen LogP contribution in [0.4, 0.5) is 0 Å². The summed E-state index contributed by atoms with van der Waals surface area (Å²) in [4.78, 5) is 0. The molecule has 0 saturated heterocycles. The van der Waals surface area contributed by atoms with Gasteiger partial charge in [-0.05, 0) is 42.8 Å². The van der Waals surface area contributed by atoms with Gasteiger partial charge in [0, 0.05) is 16.1 Å². The van der Waals surface area contributed by atoms with Crippen molar-refractivity contribution in [3.05, 3.63) is 57.0 Å². The van der Waals surface area contributed by atoms with E-state index in [1.807, 2.05) is 6.07 Å². The van der Waals surface area contributed by atoms with E-state index in [-0.39, 0.29) is 0 Å². The Kier molecular flexibility index (Phi) is 4.94. The van der Waals surface area contributed by atoms with Gasteiger partial charge in [-0.3, -0.25) is 0 Å². The van der Waals surface area contributed by atoms with Gasteiger partial charge < -0.3 is 10.5 Å². The van der Waals surface area contributed by atoms with Gasteiger partial charge >= 0.3 is 0 Å². The minimum Gasteiger partial charge on any atom is -0.455 e. The molecule has 0 fully saturated rings. The normalized spacial score (nSPS) is 10.5. The number of hydrogen-bond donors (Lipinski definition) is 1. The third-order valence-electron chi connectivity index (χ3n) is 2.56. The molecule has 19 heavy (non-hydrogen) atoms. The van der Waals surface area contributed by atoms with E-state index in [9.17, 15) is 0 Å². The highest BCUT2D eigenvalue weighted by Crippen LogP contribution is 2.34. The van der Waals surface area contributed by atoms with Crippen molar-refractivity contribution >= 4 is 34.8 Å². The van der Waals surface area contributed by atoms with Crippen molar-refractivity contribution in [3.8, 4) is 11.5 Å². The third kappa shape index (κ3) is 3.77. The molecule has 0 aliphatic rings. The average molecular weight is 317 g/mol. The van der Waals surface area contributed by atoms with E-state index in [4.69, 9.17) is 45.3 Å². The van der Waals surface area contributed by atoms with E-state index in [1.54, 1.807) is 30.3 Å². The van der Waals surface area contributed by atoms with Crippen LogP contribution in [0, 0.1) is 0 Å². The fourth-order valence-electron chi connectivity index (χ4n) is 1.66. The number of benzene rings is 2. The molecule has 2 N–H and O–H groups in total. The van der Waals surface area contributed by atoms with Crippen molar-refractivity contribution in [2.24, 2.45) is 5.73 Å². The maximum absolute atomic E-state index is 6.07. The molecule has 2 nitrogen and oxygen atoms in total. The number of halogens is 3. The maximum Gasteiger partial charge on any atom is 0.147 e. The largest absolute Gasteiger partial charge is 0.455 e. The SMILES string of the molecule is NCCc1ccc(Cl)cc1Oc1cc(Cl)ccc1Cl. The molecular weight excluding hydrogens is 305 g/mol. The summed E-state index contributed by atoms with van der Waals surface area (Å²) in [6.45, 7) is 0.529. The van der Waals surface area contributed by atoms with Crippen molar-refractivity contribution in [3.63, 3.8) is 0 Å². The van der Waals surface area contributed by atoms with Crippen molar-refractivity contribution < 1.29 is 4.74 Å². The lowest BCUT2D eigenvalue weighted by molar-refractivity contribution is 0.476. The average Bonchev–Trinajstić information content (AvgIpc) is 2.37. The lowest BCUT2D eigenvalue weighted by Gasteiger charge is -2.12. The molecule has 0 aliphatic heterocycles. The van der Waals surface area contributed by atoms with Gasteiger partial charge in [0.1, 0.15) is 11.5 Å². The minimum atomic E-state index is 0.489. The van der Waals surface area contributed by atoms with Crippen LogP contribution in [-0.2, 0) is 6.42 Å². The predicted octanol–water partition coefficient (Wildman–Crippen LogP) is 4.94. The van der Waals surface area contributed by atoms with Gasteiger partial charge in [-0.25, -0.2) is 0 Å². The Morgan fingerprint density at radius 3 is 2.21 bits per heavy atom. The first-order valence-corrected chi connectivity index (χ1v) is 6.85. The Morgan fingerprint density at radius 1 is 0.895 bits per heavy atom. The summed E-state index contributed by atoms with van der Waals surface area (Å²) >= 11 is 18.0. The predicted molar refractivity (Wildman–Crippen MR) is 80.7 cm³/mol. The summed E-state index contributed by atoms with van der Waals surface area (Å²) in [7, 11) is 0. The number of nitrogens with two attached hydrogens (primary N) is 1. The lowest BCUT2D eigenvalue weighted by Crippen LogP contribution is -2.04. The second-order valence-electron chi connectivity index (χ2n) is 3.97. The molecule has 2 rings (SSSR count). The minimum absolute atomic E-state index is 0.489.